The van der Waals surface area contributed by atoms with E-state index in [0.717, 1.165) is 17.9 Å². The standard InChI is InChI=1S/C16H17NO2/c1-16(13-5-7-17-8-6-13)10-12-3-4-14(18-2)9-15(12)19-11-16/h3-9H,10-11H2,1-2H3. The van der Waals surface area contributed by atoms with Crippen LogP contribution in [0.25, 0.3) is 0 Å². The normalized spacial score (nSPS) is 21.4. The zero-order valence-electron chi connectivity index (χ0n) is 11.2. The first kappa shape index (κ1) is 12.0. The molecule has 0 N–H and O–H groups in total. The minimum absolute atomic E-state index is 0.00449. The molecule has 0 bridgehead atoms. The molecule has 1 atom stereocenters. The Balaban J connectivity index is 1.94. The molecule has 0 saturated carbocycles. The van der Waals surface area contributed by atoms with Crippen LogP contribution in [0.3, 0.4) is 0 Å². The van der Waals surface area contributed by atoms with Crippen LogP contribution in [0.5, 0.6) is 11.5 Å². The number of rotatable bonds is 2. The van der Waals surface area contributed by atoms with Gasteiger partial charge in [0.1, 0.15) is 11.5 Å². The van der Waals surface area contributed by atoms with E-state index >= 15 is 0 Å². The molecular formula is C16H17NO2. The average Bonchev–Trinajstić information content (AvgIpc) is 2.47. The third-order valence-corrected chi connectivity index (χ3v) is 3.78. The van der Waals surface area contributed by atoms with Crippen LogP contribution < -0.4 is 9.47 Å². The van der Waals surface area contributed by atoms with E-state index in [9.17, 15) is 0 Å². The lowest BCUT2D eigenvalue weighted by molar-refractivity contribution is 0.199. The van der Waals surface area contributed by atoms with Crippen molar-refractivity contribution in [2.45, 2.75) is 18.8 Å². The predicted octanol–water partition coefficient (Wildman–Crippen LogP) is 2.98. The van der Waals surface area contributed by atoms with Crippen LogP contribution in [0.15, 0.2) is 42.7 Å². The number of benzene rings is 1. The quantitative estimate of drug-likeness (QED) is 0.826. The number of aromatic nitrogens is 1. The average molecular weight is 255 g/mol. The maximum Gasteiger partial charge on any atom is 0.126 e. The lowest BCUT2D eigenvalue weighted by Gasteiger charge is -2.35. The molecule has 2 heterocycles. The number of nitrogens with zero attached hydrogens (tertiary/aromatic N) is 1. The Bertz CT molecular complexity index is 583. The minimum Gasteiger partial charge on any atom is -0.497 e. The molecule has 98 valence electrons. The topological polar surface area (TPSA) is 31.4 Å². The number of fused-ring (bicyclic) bond motifs is 1. The molecule has 19 heavy (non-hydrogen) atoms. The van der Waals surface area contributed by atoms with Crippen molar-refractivity contribution in [3.05, 3.63) is 53.9 Å². The molecule has 1 unspecified atom stereocenters. The largest absolute Gasteiger partial charge is 0.497 e. The van der Waals surface area contributed by atoms with Crippen molar-refractivity contribution in [1.82, 2.24) is 4.98 Å². The van der Waals surface area contributed by atoms with E-state index in [1.807, 2.05) is 24.5 Å². The van der Waals surface area contributed by atoms with Gasteiger partial charge in [0, 0.05) is 23.9 Å². The molecule has 0 saturated heterocycles. The van der Waals surface area contributed by atoms with Crippen LogP contribution in [0.1, 0.15) is 18.1 Å². The third-order valence-electron chi connectivity index (χ3n) is 3.78. The zero-order chi connectivity index (χ0) is 13.3. The van der Waals surface area contributed by atoms with Gasteiger partial charge in [-0.2, -0.15) is 0 Å². The third kappa shape index (κ3) is 2.16. The summed E-state index contributed by atoms with van der Waals surface area (Å²) in [5.41, 5.74) is 2.50. The molecule has 1 aromatic heterocycles. The summed E-state index contributed by atoms with van der Waals surface area (Å²) < 4.78 is 11.2. The van der Waals surface area contributed by atoms with Crippen LogP contribution in [-0.4, -0.2) is 18.7 Å². The predicted molar refractivity (Wildman–Crippen MR) is 73.8 cm³/mol. The monoisotopic (exact) mass is 255 g/mol. The number of pyridine rings is 1. The van der Waals surface area contributed by atoms with Gasteiger partial charge in [0.25, 0.3) is 0 Å². The van der Waals surface area contributed by atoms with Crippen LogP contribution >= 0.6 is 0 Å². The lowest BCUT2D eigenvalue weighted by Crippen LogP contribution is -2.36. The molecule has 0 fully saturated rings. The first-order valence-electron chi connectivity index (χ1n) is 6.41. The summed E-state index contributed by atoms with van der Waals surface area (Å²) in [5, 5.41) is 0. The van der Waals surface area contributed by atoms with Crippen molar-refractivity contribution in [2.24, 2.45) is 0 Å². The van der Waals surface area contributed by atoms with Gasteiger partial charge in [0.15, 0.2) is 0 Å². The van der Waals surface area contributed by atoms with Gasteiger partial charge in [-0.3, -0.25) is 4.98 Å². The molecule has 2 aromatic rings. The summed E-state index contributed by atoms with van der Waals surface area (Å²) in [4.78, 5) is 4.08. The fourth-order valence-corrected chi connectivity index (χ4v) is 2.59. The van der Waals surface area contributed by atoms with Gasteiger partial charge in [-0.05, 0) is 35.7 Å². The highest BCUT2D eigenvalue weighted by Gasteiger charge is 2.33. The van der Waals surface area contributed by atoms with Crippen molar-refractivity contribution in [1.29, 1.82) is 0 Å². The fourth-order valence-electron chi connectivity index (χ4n) is 2.59. The van der Waals surface area contributed by atoms with Crippen molar-refractivity contribution in [3.63, 3.8) is 0 Å². The smallest absolute Gasteiger partial charge is 0.126 e. The van der Waals surface area contributed by atoms with Gasteiger partial charge < -0.3 is 9.47 Å². The summed E-state index contributed by atoms with van der Waals surface area (Å²) >= 11 is 0. The molecule has 1 aliphatic rings. The highest BCUT2D eigenvalue weighted by atomic mass is 16.5. The van der Waals surface area contributed by atoms with Gasteiger partial charge in [0.05, 0.1) is 13.7 Å². The van der Waals surface area contributed by atoms with Crippen LogP contribution in [0.4, 0.5) is 0 Å². The van der Waals surface area contributed by atoms with Crippen LogP contribution in [0, 0.1) is 0 Å². The molecule has 3 rings (SSSR count). The van der Waals surface area contributed by atoms with Crippen molar-refractivity contribution in [2.75, 3.05) is 13.7 Å². The van der Waals surface area contributed by atoms with Crippen LogP contribution in [-0.2, 0) is 11.8 Å². The van der Waals surface area contributed by atoms with Crippen molar-refractivity contribution in [3.8, 4) is 11.5 Å². The van der Waals surface area contributed by atoms with E-state index in [1.165, 1.54) is 11.1 Å². The molecule has 3 heteroatoms. The van der Waals surface area contributed by atoms with E-state index in [4.69, 9.17) is 9.47 Å². The van der Waals surface area contributed by atoms with E-state index < -0.39 is 0 Å². The number of hydrogen-bond acceptors (Lipinski definition) is 3. The summed E-state index contributed by atoms with van der Waals surface area (Å²) in [6.45, 7) is 2.91. The fraction of sp³-hybridized carbons (Fsp3) is 0.312. The number of hydrogen-bond donors (Lipinski definition) is 0. The Labute approximate surface area is 113 Å². The molecule has 1 aliphatic heterocycles. The molecule has 0 spiro atoms. The molecule has 0 aliphatic carbocycles. The van der Waals surface area contributed by atoms with Gasteiger partial charge in [-0.15, -0.1) is 0 Å². The Morgan fingerprint density at radius 3 is 2.74 bits per heavy atom. The first-order valence-corrected chi connectivity index (χ1v) is 6.41. The first-order chi connectivity index (χ1) is 9.21. The van der Waals surface area contributed by atoms with Gasteiger partial charge in [-0.1, -0.05) is 13.0 Å². The van der Waals surface area contributed by atoms with Crippen LogP contribution in [0.2, 0.25) is 0 Å². The van der Waals surface area contributed by atoms with Crippen molar-refractivity contribution < 1.29 is 9.47 Å². The van der Waals surface area contributed by atoms with Gasteiger partial charge in [0.2, 0.25) is 0 Å². The highest BCUT2D eigenvalue weighted by molar-refractivity contribution is 5.44. The highest BCUT2D eigenvalue weighted by Crippen LogP contribution is 2.38. The maximum absolute atomic E-state index is 5.94. The minimum atomic E-state index is 0.00449. The van der Waals surface area contributed by atoms with E-state index in [2.05, 4.69) is 30.1 Å². The second-order valence-electron chi connectivity index (χ2n) is 5.24. The Kier molecular flexibility index (Phi) is 2.90. The zero-order valence-corrected chi connectivity index (χ0v) is 11.2. The van der Waals surface area contributed by atoms with E-state index in [0.29, 0.717) is 6.61 Å². The second kappa shape index (κ2) is 4.57. The molecule has 0 amide bonds. The Morgan fingerprint density at radius 1 is 1.21 bits per heavy atom. The molecule has 0 radical (unpaired) electrons. The summed E-state index contributed by atoms with van der Waals surface area (Å²) in [5.74, 6) is 1.78. The van der Waals surface area contributed by atoms with E-state index in [-0.39, 0.29) is 5.41 Å². The number of ether oxygens (including phenoxy) is 2. The summed E-state index contributed by atoms with van der Waals surface area (Å²) in [6.07, 6.45) is 4.64. The Hall–Kier alpha value is -2.03. The SMILES string of the molecule is COc1ccc2c(c1)OCC(C)(c1ccncc1)C2. The summed E-state index contributed by atoms with van der Waals surface area (Å²) in [6, 6.07) is 10.2. The molecule has 3 nitrogen and oxygen atoms in total. The van der Waals surface area contributed by atoms with Gasteiger partial charge in [-0.25, -0.2) is 0 Å². The lowest BCUT2D eigenvalue weighted by atomic mass is 9.77. The molecule has 1 aromatic carbocycles. The van der Waals surface area contributed by atoms with E-state index in [1.54, 1.807) is 7.11 Å². The number of methoxy groups -OCH3 is 1. The Morgan fingerprint density at radius 2 is 2.00 bits per heavy atom. The summed E-state index contributed by atoms with van der Waals surface area (Å²) in [7, 11) is 1.67. The molecular weight excluding hydrogens is 238 g/mol. The van der Waals surface area contributed by atoms with Crippen molar-refractivity contribution >= 4 is 0 Å². The van der Waals surface area contributed by atoms with Gasteiger partial charge >= 0.3 is 0 Å². The second-order valence-corrected chi connectivity index (χ2v) is 5.24. The maximum atomic E-state index is 5.94.